The molecule has 0 radical (unpaired) electrons. The van der Waals surface area contributed by atoms with E-state index in [1.165, 1.54) is 0 Å². The Morgan fingerprint density at radius 3 is 1.29 bits per heavy atom. The number of rotatable bonds is 4. The van der Waals surface area contributed by atoms with E-state index >= 15 is 0 Å². The van der Waals surface area contributed by atoms with E-state index in [-0.39, 0.29) is 0 Å². The Bertz CT molecular complexity index is 2580. The second kappa shape index (κ2) is 8.81. The van der Waals surface area contributed by atoms with Crippen molar-refractivity contribution in [1.29, 1.82) is 0 Å². The second-order valence-electron chi connectivity index (χ2n) is 10.1. The first-order valence-corrected chi connectivity index (χ1v) is 13.8. The van der Waals surface area contributed by atoms with E-state index in [9.17, 15) is 0 Å². The fraction of sp³-hybridized carbons (Fsp3) is 0. The monoisotopic (exact) mass is 588 g/mol. The molecular weight excluding hydrogens is 572 g/mol. The van der Waals surface area contributed by atoms with Crippen LogP contribution in [0.25, 0.3) is 68.1 Å². The van der Waals surface area contributed by atoms with Crippen molar-refractivity contribution in [1.82, 2.24) is 67.8 Å². The zero-order valence-corrected chi connectivity index (χ0v) is 22.9. The number of fused-ring (bicyclic) bond motifs is 10. The molecule has 0 N–H and O–H groups in total. The van der Waals surface area contributed by atoms with Crippen LogP contribution in [0.3, 0.4) is 0 Å². The van der Waals surface area contributed by atoms with Crippen molar-refractivity contribution < 1.29 is 4.74 Å². The van der Waals surface area contributed by atoms with Crippen molar-refractivity contribution in [2.24, 2.45) is 0 Å². The Morgan fingerprint density at radius 1 is 0.422 bits per heavy atom. The summed E-state index contributed by atoms with van der Waals surface area (Å²) in [5, 5.41) is 0. The fourth-order valence-electron chi connectivity index (χ4n) is 5.74. The second-order valence-corrected chi connectivity index (χ2v) is 10.1. The summed E-state index contributed by atoms with van der Waals surface area (Å²) < 4.78 is 14.0. The van der Waals surface area contributed by atoms with Gasteiger partial charge in [-0.25, -0.2) is 48.7 Å². The first kappa shape index (κ1) is 23.6. The SMILES string of the molecule is c1cc(Oc2cccc(-n3c4nccnc4n4c5nccnc5nc34)c2)cc(-n2c3nccnc3n3c4nccnc4nc23)c1. The fourth-order valence-corrected chi connectivity index (χ4v) is 5.74. The smallest absolute Gasteiger partial charge is 0.226 e. The summed E-state index contributed by atoms with van der Waals surface area (Å²) in [6.07, 6.45) is 13.1. The van der Waals surface area contributed by atoms with Gasteiger partial charge in [-0.3, -0.25) is 9.13 Å². The lowest BCUT2D eigenvalue weighted by atomic mass is 10.2. The molecule has 0 atom stereocenters. The molecule has 0 bridgehead atoms. The van der Waals surface area contributed by atoms with Gasteiger partial charge in [0.25, 0.3) is 0 Å². The molecule has 2 aromatic carbocycles. The quantitative estimate of drug-likeness (QED) is 0.291. The van der Waals surface area contributed by atoms with Crippen LogP contribution in [-0.2, 0) is 0 Å². The van der Waals surface area contributed by atoms with Crippen molar-refractivity contribution in [2.45, 2.75) is 0 Å². The molecule has 8 aromatic heterocycles. The molecule has 0 saturated carbocycles. The van der Waals surface area contributed by atoms with Crippen molar-refractivity contribution in [3.05, 3.63) is 98.1 Å². The van der Waals surface area contributed by atoms with Crippen molar-refractivity contribution in [3.8, 4) is 22.9 Å². The summed E-state index contributed by atoms with van der Waals surface area (Å²) >= 11 is 0. The Morgan fingerprint density at radius 2 is 0.822 bits per heavy atom. The van der Waals surface area contributed by atoms with Gasteiger partial charge < -0.3 is 4.74 Å². The number of ether oxygens (including phenoxy) is 1. The third-order valence-electron chi connectivity index (χ3n) is 7.51. The molecule has 0 aliphatic carbocycles. The van der Waals surface area contributed by atoms with Gasteiger partial charge in [-0.15, -0.1) is 0 Å². The van der Waals surface area contributed by atoms with Crippen LogP contribution in [0, 0.1) is 0 Å². The summed E-state index contributed by atoms with van der Waals surface area (Å²) in [5.74, 6) is 2.42. The van der Waals surface area contributed by atoms with E-state index in [0.29, 0.717) is 68.2 Å². The van der Waals surface area contributed by atoms with Gasteiger partial charge in [0.2, 0.25) is 11.6 Å². The zero-order chi connectivity index (χ0) is 29.5. The Kier molecular flexibility index (Phi) is 4.63. The molecule has 0 amide bonds. The lowest BCUT2D eigenvalue weighted by molar-refractivity contribution is 0.482. The topological polar surface area (TPSA) is 157 Å². The molecule has 212 valence electrons. The molecule has 10 rings (SSSR count). The minimum atomic E-state index is 0.520. The molecule has 0 spiro atoms. The molecule has 0 fully saturated rings. The van der Waals surface area contributed by atoms with E-state index in [1.54, 1.807) is 49.6 Å². The predicted octanol–water partition coefficient (Wildman–Crippen LogP) is 4.13. The van der Waals surface area contributed by atoms with Gasteiger partial charge in [0.15, 0.2) is 45.2 Å². The number of hydrogen-bond donors (Lipinski definition) is 0. The minimum absolute atomic E-state index is 0.520. The van der Waals surface area contributed by atoms with Crippen LogP contribution >= 0.6 is 0 Å². The summed E-state index contributed by atoms with van der Waals surface area (Å²) in [6, 6.07) is 15.4. The van der Waals surface area contributed by atoms with Crippen LogP contribution in [0.1, 0.15) is 0 Å². The van der Waals surface area contributed by atoms with E-state index in [2.05, 4.69) is 39.9 Å². The molecule has 15 heteroatoms. The number of hydrogen-bond acceptors (Lipinski definition) is 11. The largest absolute Gasteiger partial charge is 0.457 e. The minimum Gasteiger partial charge on any atom is -0.457 e. The number of aromatic nitrogens is 14. The van der Waals surface area contributed by atoms with Crippen LogP contribution in [0.2, 0.25) is 0 Å². The highest BCUT2D eigenvalue weighted by Gasteiger charge is 2.22. The third-order valence-corrected chi connectivity index (χ3v) is 7.51. The van der Waals surface area contributed by atoms with E-state index in [4.69, 9.17) is 14.7 Å². The van der Waals surface area contributed by atoms with Crippen molar-refractivity contribution in [3.63, 3.8) is 0 Å². The van der Waals surface area contributed by atoms with E-state index in [1.807, 2.05) is 66.5 Å². The molecule has 10 aromatic rings. The van der Waals surface area contributed by atoms with Crippen molar-refractivity contribution >= 4 is 56.7 Å². The van der Waals surface area contributed by atoms with E-state index < -0.39 is 0 Å². The van der Waals surface area contributed by atoms with E-state index in [0.717, 1.165) is 11.4 Å². The highest BCUT2D eigenvalue weighted by atomic mass is 16.5. The van der Waals surface area contributed by atoms with Crippen LogP contribution in [0.15, 0.2) is 98.1 Å². The highest BCUT2D eigenvalue weighted by molar-refractivity contribution is 5.86. The van der Waals surface area contributed by atoms with Crippen LogP contribution in [0.5, 0.6) is 11.5 Å². The number of imidazole rings is 4. The Hall–Kier alpha value is -6.90. The first-order chi connectivity index (χ1) is 22.3. The van der Waals surface area contributed by atoms with Crippen LogP contribution < -0.4 is 4.74 Å². The number of nitrogens with zero attached hydrogens (tertiary/aromatic N) is 14. The lowest BCUT2D eigenvalue weighted by Crippen LogP contribution is -1.98. The summed E-state index contributed by atoms with van der Waals surface area (Å²) in [7, 11) is 0. The first-order valence-electron chi connectivity index (χ1n) is 13.8. The maximum absolute atomic E-state index is 6.42. The summed E-state index contributed by atoms with van der Waals surface area (Å²) in [6.45, 7) is 0. The Balaban J connectivity index is 1.09. The zero-order valence-electron chi connectivity index (χ0n) is 22.9. The normalized spacial score (nSPS) is 12.0. The summed E-state index contributed by atoms with van der Waals surface area (Å²) in [5.41, 5.74) is 6.34. The van der Waals surface area contributed by atoms with Gasteiger partial charge in [-0.2, -0.15) is 9.97 Å². The lowest BCUT2D eigenvalue weighted by Gasteiger charge is -2.11. The summed E-state index contributed by atoms with van der Waals surface area (Å²) in [4.78, 5) is 45.6. The van der Waals surface area contributed by atoms with Crippen LogP contribution in [-0.4, -0.2) is 67.8 Å². The molecular formula is C30H16N14O. The van der Waals surface area contributed by atoms with Gasteiger partial charge in [0.05, 0.1) is 11.4 Å². The van der Waals surface area contributed by atoms with Crippen LogP contribution in [0.4, 0.5) is 0 Å². The Labute approximate surface area is 250 Å². The maximum atomic E-state index is 6.42. The molecule has 0 saturated heterocycles. The van der Waals surface area contributed by atoms with Gasteiger partial charge in [0.1, 0.15) is 11.5 Å². The molecule has 45 heavy (non-hydrogen) atoms. The standard InChI is InChI=1S/C30H16N14O/c1-3-17(41-25-27(37-13-11-35-25)43-23-21(39-29(41)43)31-7-9-33-23)15-19(5-1)45-20-6-2-4-18(16-20)42-26-28(38-14-12-36-26)44-24-22(40-30(42)44)32-8-10-34-24/h1-16H. The molecule has 0 aliphatic heterocycles. The highest BCUT2D eigenvalue weighted by Crippen LogP contribution is 2.31. The molecule has 0 unspecified atom stereocenters. The van der Waals surface area contributed by atoms with Crippen molar-refractivity contribution in [2.75, 3.05) is 0 Å². The van der Waals surface area contributed by atoms with Gasteiger partial charge in [0, 0.05) is 61.7 Å². The van der Waals surface area contributed by atoms with Gasteiger partial charge >= 0.3 is 0 Å². The third kappa shape index (κ3) is 3.33. The van der Waals surface area contributed by atoms with Gasteiger partial charge in [-0.1, -0.05) is 12.1 Å². The van der Waals surface area contributed by atoms with Gasteiger partial charge in [-0.05, 0) is 24.3 Å². The number of benzene rings is 2. The predicted molar refractivity (Wildman–Crippen MR) is 161 cm³/mol. The molecule has 8 heterocycles. The average Bonchev–Trinajstić information content (AvgIpc) is 3.81. The maximum Gasteiger partial charge on any atom is 0.226 e. The molecule has 15 nitrogen and oxygen atoms in total. The average molecular weight is 589 g/mol. The molecule has 0 aliphatic rings.